The van der Waals surface area contributed by atoms with Gasteiger partial charge in [0.05, 0.1) is 5.56 Å². The average molecular weight is 272 g/mol. The highest BCUT2D eigenvalue weighted by Gasteiger charge is 2.16. The van der Waals surface area contributed by atoms with Gasteiger partial charge in [-0.3, -0.25) is 0 Å². The quantitative estimate of drug-likeness (QED) is 0.769. The van der Waals surface area contributed by atoms with Gasteiger partial charge in [-0.15, -0.1) is 0 Å². The molecule has 0 N–H and O–H groups in total. The number of benzene rings is 2. The molecule has 0 saturated heterocycles. The molecule has 0 amide bonds. The molecule has 0 aliphatic carbocycles. The Morgan fingerprint density at radius 1 is 1.10 bits per heavy atom. The van der Waals surface area contributed by atoms with E-state index in [0.717, 1.165) is 11.1 Å². The highest BCUT2D eigenvalue weighted by molar-refractivity contribution is 5.89. The largest absolute Gasteiger partial charge is 0.454 e. The van der Waals surface area contributed by atoms with E-state index in [1.165, 1.54) is 24.3 Å². The van der Waals surface area contributed by atoms with Crippen LogP contribution in [0.5, 0.6) is 0 Å². The van der Waals surface area contributed by atoms with Crippen LogP contribution in [0.15, 0.2) is 48.5 Å². The van der Waals surface area contributed by atoms with Crippen molar-refractivity contribution < 1.29 is 13.9 Å². The van der Waals surface area contributed by atoms with E-state index in [1.807, 2.05) is 38.1 Å². The van der Waals surface area contributed by atoms with Crippen LogP contribution in [0.25, 0.3) is 0 Å². The highest BCUT2D eigenvalue weighted by atomic mass is 19.1. The van der Waals surface area contributed by atoms with Crippen molar-refractivity contribution in [3.8, 4) is 0 Å². The molecule has 3 heteroatoms. The molecule has 0 fully saturated rings. The molecule has 2 rings (SSSR count). The normalized spacial score (nSPS) is 11.9. The van der Waals surface area contributed by atoms with Crippen LogP contribution in [0.1, 0.15) is 40.9 Å². The third kappa shape index (κ3) is 3.44. The Morgan fingerprint density at radius 2 is 1.70 bits per heavy atom. The highest BCUT2D eigenvalue weighted by Crippen LogP contribution is 2.23. The van der Waals surface area contributed by atoms with Crippen LogP contribution < -0.4 is 0 Å². The molecule has 0 aliphatic rings. The lowest BCUT2D eigenvalue weighted by molar-refractivity contribution is 0.0288. The van der Waals surface area contributed by atoms with Crippen LogP contribution in [0.3, 0.4) is 0 Å². The summed E-state index contributed by atoms with van der Waals surface area (Å²) in [7, 11) is 0. The Bertz CT molecular complexity index is 573. The Morgan fingerprint density at radius 3 is 2.25 bits per heavy atom. The van der Waals surface area contributed by atoms with Crippen LogP contribution in [-0.2, 0) is 4.74 Å². The van der Waals surface area contributed by atoms with Crippen LogP contribution in [0.4, 0.5) is 4.39 Å². The minimum Gasteiger partial charge on any atom is -0.454 e. The van der Waals surface area contributed by atoms with Gasteiger partial charge in [-0.25, -0.2) is 9.18 Å². The average Bonchev–Trinajstić information content (AvgIpc) is 2.46. The molecule has 0 aliphatic heterocycles. The van der Waals surface area contributed by atoms with Crippen LogP contribution in [-0.4, -0.2) is 5.97 Å². The van der Waals surface area contributed by atoms with Crippen molar-refractivity contribution in [2.75, 3.05) is 0 Å². The van der Waals surface area contributed by atoms with E-state index in [0.29, 0.717) is 12.0 Å². The summed E-state index contributed by atoms with van der Waals surface area (Å²) in [6.07, 6.45) is 0.406. The summed E-state index contributed by atoms with van der Waals surface area (Å²) in [5, 5.41) is 0. The van der Waals surface area contributed by atoms with E-state index >= 15 is 0 Å². The van der Waals surface area contributed by atoms with Gasteiger partial charge in [0.25, 0.3) is 0 Å². The minimum absolute atomic E-state index is 0.284. The number of halogens is 1. The van der Waals surface area contributed by atoms with Gasteiger partial charge in [0.15, 0.2) is 0 Å². The standard InChI is InChI=1S/C17H17FO2/c1-3-16(13-6-4-12(2)5-7-13)20-17(19)14-8-10-15(18)11-9-14/h4-11,16H,3H2,1-2H3. The zero-order valence-corrected chi connectivity index (χ0v) is 11.6. The predicted molar refractivity (Wildman–Crippen MR) is 76.0 cm³/mol. The number of hydrogen-bond donors (Lipinski definition) is 0. The van der Waals surface area contributed by atoms with E-state index in [4.69, 9.17) is 4.74 Å². The number of ether oxygens (including phenoxy) is 1. The van der Waals surface area contributed by atoms with Crippen molar-refractivity contribution in [3.63, 3.8) is 0 Å². The topological polar surface area (TPSA) is 26.3 Å². The summed E-state index contributed by atoms with van der Waals surface area (Å²) in [5.74, 6) is -0.801. The second kappa shape index (κ2) is 6.33. The Kier molecular flexibility index (Phi) is 4.51. The van der Waals surface area contributed by atoms with Gasteiger partial charge < -0.3 is 4.74 Å². The van der Waals surface area contributed by atoms with E-state index in [1.54, 1.807) is 0 Å². The smallest absolute Gasteiger partial charge is 0.338 e. The fourth-order valence-electron chi connectivity index (χ4n) is 1.95. The zero-order chi connectivity index (χ0) is 14.5. The molecule has 104 valence electrons. The SMILES string of the molecule is CCC(OC(=O)c1ccc(F)cc1)c1ccc(C)cc1. The monoisotopic (exact) mass is 272 g/mol. The summed E-state index contributed by atoms with van der Waals surface area (Å²) in [6.45, 7) is 3.97. The Balaban J connectivity index is 2.11. The number of aryl methyl sites for hydroxylation is 1. The molecular weight excluding hydrogens is 255 g/mol. The Hall–Kier alpha value is -2.16. The molecule has 0 aromatic heterocycles. The molecule has 2 aromatic carbocycles. The number of hydrogen-bond acceptors (Lipinski definition) is 2. The van der Waals surface area contributed by atoms with Gasteiger partial charge >= 0.3 is 5.97 Å². The van der Waals surface area contributed by atoms with E-state index in [9.17, 15) is 9.18 Å². The zero-order valence-electron chi connectivity index (χ0n) is 11.6. The van der Waals surface area contributed by atoms with Crippen molar-refractivity contribution in [1.29, 1.82) is 0 Å². The summed E-state index contributed by atoms with van der Waals surface area (Å²) in [6, 6.07) is 13.3. The van der Waals surface area contributed by atoms with Crippen molar-refractivity contribution in [2.24, 2.45) is 0 Å². The maximum Gasteiger partial charge on any atom is 0.338 e. The van der Waals surface area contributed by atoms with Gasteiger partial charge in [0, 0.05) is 0 Å². The lowest BCUT2D eigenvalue weighted by atomic mass is 10.1. The van der Waals surface area contributed by atoms with Crippen molar-refractivity contribution >= 4 is 5.97 Å². The first-order valence-corrected chi connectivity index (χ1v) is 6.63. The minimum atomic E-state index is -0.433. The van der Waals surface area contributed by atoms with Crippen molar-refractivity contribution in [1.82, 2.24) is 0 Å². The molecule has 0 heterocycles. The second-order valence-corrected chi connectivity index (χ2v) is 4.72. The predicted octanol–water partition coefficient (Wildman–Crippen LogP) is 4.44. The molecule has 0 saturated carbocycles. The van der Waals surface area contributed by atoms with E-state index in [-0.39, 0.29) is 11.9 Å². The molecule has 2 nitrogen and oxygen atoms in total. The maximum atomic E-state index is 12.8. The first-order chi connectivity index (χ1) is 9.60. The summed E-state index contributed by atoms with van der Waals surface area (Å²) in [4.78, 5) is 12.0. The third-order valence-corrected chi connectivity index (χ3v) is 3.15. The molecule has 20 heavy (non-hydrogen) atoms. The lowest BCUT2D eigenvalue weighted by Gasteiger charge is -2.17. The van der Waals surface area contributed by atoms with E-state index in [2.05, 4.69) is 0 Å². The molecule has 2 aromatic rings. The molecular formula is C17H17FO2. The van der Waals surface area contributed by atoms with Gasteiger partial charge in [0.2, 0.25) is 0 Å². The summed E-state index contributed by atoms with van der Waals surface area (Å²) < 4.78 is 18.3. The van der Waals surface area contributed by atoms with Crippen LogP contribution >= 0.6 is 0 Å². The molecule has 0 bridgehead atoms. The first-order valence-electron chi connectivity index (χ1n) is 6.63. The molecule has 1 atom stereocenters. The van der Waals surface area contributed by atoms with Crippen LogP contribution in [0.2, 0.25) is 0 Å². The van der Waals surface area contributed by atoms with E-state index < -0.39 is 5.97 Å². The van der Waals surface area contributed by atoms with Crippen molar-refractivity contribution in [2.45, 2.75) is 26.4 Å². The van der Waals surface area contributed by atoms with Gasteiger partial charge in [-0.1, -0.05) is 36.8 Å². The summed E-state index contributed by atoms with van der Waals surface area (Å²) in [5.41, 5.74) is 2.49. The molecule has 0 radical (unpaired) electrons. The van der Waals surface area contributed by atoms with Crippen LogP contribution in [0, 0.1) is 12.7 Å². The Labute approximate surface area is 118 Å². The van der Waals surface area contributed by atoms with Gasteiger partial charge in [-0.05, 0) is 43.2 Å². The number of carbonyl (C=O) groups excluding carboxylic acids is 1. The second-order valence-electron chi connectivity index (χ2n) is 4.72. The number of carbonyl (C=O) groups is 1. The maximum absolute atomic E-state index is 12.8. The van der Waals surface area contributed by atoms with Gasteiger partial charge in [0.1, 0.15) is 11.9 Å². The lowest BCUT2D eigenvalue weighted by Crippen LogP contribution is -2.11. The third-order valence-electron chi connectivity index (χ3n) is 3.15. The van der Waals surface area contributed by atoms with Gasteiger partial charge in [-0.2, -0.15) is 0 Å². The fraction of sp³-hybridized carbons (Fsp3) is 0.235. The molecule has 1 unspecified atom stereocenters. The fourth-order valence-corrected chi connectivity index (χ4v) is 1.95. The first kappa shape index (κ1) is 14.3. The summed E-state index contributed by atoms with van der Waals surface area (Å²) >= 11 is 0. The molecule has 0 spiro atoms. The number of rotatable bonds is 4. The number of esters is 1. The van der Waals surface area contributed by atoms with Crippen molar-refractivity contribution in [3.05, 3.63) is 71.0 Å².